The predicted octanol–water partition coefficient (Wildman–Crippen LogP) is 2.25. The summed E-state index contributed by atoms with van der Waals surface area (Å²) in [6.45, 7) is 2.09. The molecule has 1 aromatic heterocycles. The number of nitroso groups, excluding NO2 is 1. The molecule has 0 atom stereocenters. The van der Waals surface area contributed by atoms with Crippen LogP contribution in [0.1, 0.15) is 12.5 Å². The van der Waals surface area contributed by atoms with E-state index in [0.29, 0.717) is 17.2 Å². The molecule has 0 aliphatic carbocycles. The van der Waals surface area contributed by atoms with Gasteiger partial charge in [-0.2, -0.15) is 0 Å². The van der Waals surface area contributed by atoms with Crippen LogP contribution in [0.5, 0.6) is 0 Å². The topological polar surface area (TPSA) is 55.7 Å². The molecule has 0 unspecified atom stereocenters. The molecule has 0 fully saturated rings. The van der Waals surface area contributed by atoms with Gasteiger partial charge in [0.25, 0.3) is 0 Å². The number of carbonyl (C=O) groups is 1. The van der Waals surface area contributed by atoms with E-state index in [2.05, 4.69) is 5.18 Å². The second-order valence-corrected chi connectivity index (χ2v) is 3.22. The first kappa shape index (κ1) is 9.85. The molecule has 5 heteroatoms. The maximum absolute atomic E-state index is 11.0. The number of esters is 1. The van der Waals surface area contributed by atoms with E-state index in [9.17, 15) is 9.70 Å². The summed E-state index contributed by atoms with van der Waals surface area (Å²) in [4.78, 5) is 21.3. The van der Waals surface area contributed by atoms with Gasteiger partial charge in [0, 0.05) is 5.56 Å². The van der Waals surface area contributed by atoms with Crippen LogP contribution in [-0.4, -0.2) is 12.6 Å². The lowest BCUT2D eigenvalue weighted by atomic mass is 10.2. The third-order valence-corrected chi connectivity index (χ3v) is 2.28. The smallest absolute Gasteiger partial charge is 0.310 e. The van der Waals surface area contributed by atoms with Gasteiger partial charge in [-0.25, -0.2) is 0 Å². The molecule has 70 valence electrons. The van der Waals surface area contributed by atoms with Crippen molar-refractivity contribution in [2.24, 2.45) is 5.18 Å². The van der Waals surface area contributed by atoms with E-state index < -0.39 is 0 Å². The molecule has 1 heterocycles. The minimum Gasteiger partial charge on any atom is -0.466 e. The van der Waals surface area contributed by atoms with Gasteiger partial charge >= 0.3 is 5.97 Å². The highest BCUT2D eigenvalue weighted by molar-refractivity contribution is 7.14. The summed E-state index contributed by atoms with van der Waals surface area (Å²) in [5, 5.41) is 4.89. The summed E-state index contributed by atoms with van der Waals surface area (Å²) in [7, 11) is 0. The monoisotopic (exact) mass is 199 g/mol. The first-order valence-corrected chi connectivity index (χ1v) is 4.71. The van der Waals surface area contributed by atoms with Crippen molar-refractivity contribution in [3.05, 3.63) is 21.9 Å². The van der Waals surface area contributed by atoms with Crippen LogP contribution >= 0.6 is 11.3 Å². The highest BCUT2D eigenvalue weighted by atomic mass is 32.1. The second kappa shape index (κ2) is 4.71. The van der Waals surface area contributed by atoms with Gasteiger partial charge in [-0.05, 0) is 23.5 Å². The Morgan fingerprint density at radius 2 is 2.46 bits per heavy atom. The Morgan fingerprint density at radius 1 is 1.69 bits per heavy atom. The quantitative estimate of drug-likeness (QED) is 0.552. The molecule has 0 radical (unpaired) electrons. The standard InChI is InChI=1S/C8H9NO3S/c1-2-12-7(10)5-6-3-4-13-8(6)9-11/h3-4H,2,5H2,1H3. The zero-order valence-corrected chi connectivity index (χ0v) is 7.97. The Balaban J connectivity index is 2.62. The van der Waals surface area contributed by atoms with Crippen LogP contribution < -0.4 is 0 Å². The third kappa shape index (κ3) is 2.62. The fourth-order valence-electron chi connectivity index (χ4n) is 0.910. The Labute approximate surface area is 79.5 Å². The van der Waals surface area contributed by atoms with Crippen LogP contribution in [-0.2, 0) is 16.0 Å². The summed E-state index contributed by atoms with van der Waals surface area (Å²) in [5.74, 6) is -0.328. The Hall–Kier alpha value is -1.23. The molecule has 0 N–H and O–H groups in total. The van der Waals surface area contributed by atoms with E-state index in [1.54, 1.807) is 18.4 Å². The van der Waals surface area contributed by atoms with Crippen LogP contribution in [0.4, 0.5) is 5.00 Å². The molecule has 0 saturated heterocycles. The van der Waals surface area contributed by atoms with Crippen molar-refractivity contribution < 1.29 is 9.53 Å². The number of rotatable bonds is 4. The normalized spacial score (nSPS) is 9.62. The van der Waals surface area contributed by atoms with Gasteiger partial charge in [0.05, 0.1) is 13.0 Å². The average Bonchev–Trinajstić information content (AvgIpc) is 2.52. The van der Waals surface area contributed by atoms with E-state index >= 15 is 0 Å². The van der Waals surface area contributed by atoms with Crippen LogP contribution in [0.3, 0.4) is 0 Å². The molecule has 0 aliphatic rings. The van der Waals surface area contributed by atoms with Gasteiger partial charge in [0.1, 0.15) is 0 Å². The number of hydrogen-bond donors (Lipinski definition) is 0. The lowest BCUT2D eigenvalue weighted by molar-refractivity contribution is -0.142. The van der Waals surface area contributed by atoms with E-state index in [1.165, 1.54) is 11.3 Å². The summed E-state index contributed by atoms with van der Waals surface area (Å²) in [5.41, 5.74) is 0.637. The molecule has 0 bridgehead atoms. The first-order valence-electron chi connectivity index (χ1n) is 3.83. The summed E-state index contributed by atoms with van der Waals surface area (Å²) >= 11 is 1.22. The van der Waals surface area contributed by atoms with Crippen LogP contribution in [0, 0.1) is 4.91 Å². The van der Waals surface area contributed by atoms with Crippen molar-refractivity contribution in [3.8, 4) is 0 Å². The van der Waals surface area contributed by atoms with Crippen molar-refractivity contribution in [1.82, 2.24) is 0 Å². The Morgan fingerprint density at radius 3 is 3.08 bits per heavy atom. The average molecular weight is 199 g/mol. The Kier molecular flexibility index (Phi) is 3.57. The molecule has 0 aliphatic heterocycles. The lowest BCUT2D eigenvalue weighted by Crippen LogP contribution is -2.06. The minimum atomic E-state index is -0.328. The van der Waals surface area contributed by atoms with Crippen molar-refractivity contribution in [2.45, 2.75) is 13.3 Å². The van der Waals surface area contributed by atoms with Crippen molar-refractivity contribution in [3.63, 3.8) is 0 Å². The lowest BCUT2D eigenvalue weighted by Gasteiger charge is -1.99. The van der Waals surface area contributed by atoms with E-state index in [0.717, 1.165) is 0 Å². The van der Waals surface area contributed by atoms with Gasteiger partial charge in [-0.1, -0.05) is 0 Å². The molecule has 1 rings (SSSR count). The summed E-state index contributed by atoms with van der Waals surface area (Å²) in [6, 6.07) is 1.71. The zero-order chi connectivity index (χ0) is 9.68. The van der Waals surface area contributed by atoms with E-state index in [4.69, 9.17) is 4.74 Å². The van der Waals surface area contributed by atoms with Crippen molar-refractivity contribution in [1.29, 1.82) is 0 Å². The number of nitrogens with zero attached hydrogens (tertiary/aromatic N) is 1. The van der Waals surface area contributed by atoms with E-state index in [1.807, 2.05) is 0 Å². The van der Waals surface area contributed by atoms with Gasteiger partial charge in [-0.15, -0.1) is 16.2 Å². The highest BCUT2D eigenvalue weighted by Gasteiger charge is 2.09. The molecular formula is C8H9NO3S. The van der Waals surface area contributed by atoms with Crippen molar-refractivity contribution >= 4 is 22.3 Å². The predicted molar refractivity (Wildman–Crippen MR) is 50.1 cm³/mol. The number of ether oxygens (including phenoxy) is 1. The summed E-state index contributed by atoms with van der Waals surface area (Å²) in [6.07, 6.45) is 0.123. The third-order valence-electron chi connectivity index (χ3n) is 1.45. The summed E-state index contributed by atoms with van der Waals surface area (Å²) < 4.78 is 4.74. The first-order chi connectivity index (χ1) is 6.27. The molecule has 0 amide bonds. The second-order valence-electron chi connectivity index (χ2n) is 2.32. The molecule has 4 nitrogen and oxygen atoms in total. The SMILES string of the molecule is CCOC(=O)Cc1ccsc1N=O. The number of carbonyl (C=O) groups excluding carboxylic acids is 1. The molecular weight excluding hydrogens is 190 g/mol. The number of hydrogen-bond acceptors (Lipinski definition) is 5. The minimum absolute atomic E-state index is 0.123. The van der Waals surface area contributed by atoms with Gasteiger partial charge in [-0.3, -0.25) is 4.79 Å². The molecule has 0 spiro atoms. The van der Waals surface area contributed by atoms with Crippen LogP contribution in [0.25, 0.3) is 0 Å². The molecule has 0 saturated carbocycles. The van der Waals surface area contributed by atoms with Crippen molar-refractivity contribution in [2.75, 3.05) is 6.61 Å². The van der Waals surface area contributed by atoms with Crippen LogP contribution in [0.15, 0.2) is 16.6 Å². The fraction of sp³-hybridized carbons (Fsp3) is 0.375. The van der Waals surface area contributed by atoms with Gasteiger partial charge < -0.3 is 4.74 Å². The Bertz CT molecular complexity index is 308. The number of thiophene rings is 1. The molecule has 1 aromatic rings. The zero-order valence-electron chi connectivity index (χ0n) is 7.15. The van der Waals surface area contributed by atoms with E-state index in [-0.39, 0.29) is 12.4 Å². The maximum Gasteiger partial charge on any atom is 0.310 e. The molecule has 13 heavy (non-hydrogen) atoms. The van der Waals surface area contributed by atoms with Gasteiger partial charge in [0.15, 0.2) is 5.00 Å². The highest BCUT2D eigenvalue weighted by Crippen LogP contribution is 2.26. The fourth-order valence-corrected chi connectivity index (χ4v) is 1.61. The largest absolute Gasteiger partial charge is 0.466 e. The molecule has 0 aromatic carbocycles. The maximum atomic E-state index is 11.0. The van der Waals surface area contributed by atoms with Crippen LogP contribution in [0.2, 0.25) is 0 Å². The van der Waals surface area contributed by atoms with Gasteiger partial charge in [0.2, 0.25) is 0 Å².